The monoisotopic (exact) mass is 324 g/mol. The Morgan fingerprint density at radius 1 is 1.25 bits per heavy atom. The molecule has 0 bridgehead atoms. The number of carbonyl (C=O) groups is 1. The van der Waals surface area contributed by atoms with Crippen LogP contribution in [0, 0.1) is 30.6 Å². The van der Waals surface area contributed by atoms with Gasteiger partial charge in [0.25, 0.3) is 0 Å². The number of ether oxygens (including phenoxy) is 1. The first kappa shape index (κ1) is 16.7. The first-order valence-corrected chi connectivity index (χ1v) is 8.41. The Hall–Kier alpha value is -2.12. The third-order valence-corrected chi connectivity index (χ3v) is 5.09. The summed E-state index contributed by atoms with van der Waals surface area (Å²) in [4.78, 5) is 14.7. The smallest absolute Gasteiger partial charge is 0.178 e. The Labute approximate surface area is 143 Å². The maximum atomic E-state index is 12.4. The van der Waals surface area contributed by atoms with E-state index in [1.54, 1.807) is 6.08 Å². The number of hydrogen-bond acceptors (Lipinski definition) is 4. The predicted molar refractivity (Wildman–Crippen MR) is 93.9 cm³/mol. The van der Waals surface area contributed by atoms with E-state index in [1.165, 1.54) is 16.8 Å². The summed E-state index contributed by atoms with van der Waals surface area (Å²) in [6.45, 7) is 10.1. The van der Waals surface area contributed by atoms with Gasteiger partial charge in [0.05, 0.1) is 18.7 Å². The van der Waals surface area contributed by atoms with Crippen LogP contribution < -0.4 is 4.90 Å². The Balaban J connectivity index is 2.00. The summed E-state index contributed by atoms with van der Waals surface area (Å²) < 4.78 is 6.13. The number of para-hydroxylation sites is 1. The lowest BCUT2D eigenvalue weighted by Gasteiger charge is -2.47. The first-order chi connectivity index (χ1) is 11.3. The number of nitriles is 1. The molecule has 1 unspecified atom stereocenters. The molecular weight excluding hydrogens is 300 g/mol. The van der Waals surface area contributed by atoms with Crippen LogP contribution in [0.5, 0.6) is 0 Å². The molecule has 1 atom stereocenters. The quantitative estimate of drug-likeness (QED) is 0.795. The van der Waals surface area contributed by atoms with Gasteiger partial charge in [0, 0.05) is 17.6 Å². The zero-order valence-corrected chi connectivity index (χ0v) is 14.8. The minimum absolute atomic E-state index is 0.0802. The van der Waals surface area contributed by atoms with E-state index in [2.05, 4.69) is 43.0 Å². The van der Waals surface area contributed by atoms with Crippen molar-refractivity contribution in [3.05, 3.63) is 41.0 Å². The van der Waals surface area contributed by atoms with Gasteiger partial charge in [-0.05, 0) is 37.5 Å². The molecule has 4 heteroatoms. The first-order valence-electron chi connectivity index (χ1n) is 8.41. The Kier molecular flexibility index (Phi) is 4.01. The Bertz CT molecular complexity index is 737. The van der Waals surface area contributed by atoms with Crippen molar-refractivity contribution in [2.45, 2.75) is 39.7 Å². The van der Waals surface area contributed by atoms with Crippen LogP contribution in [0.25, 0.3) is 0 Å². The van der Waals surface area contributed by atoms with Gasteiger partial charge in [-0.15, -0.1) is 0 Å². The molecule has 1 fully saturated rings. The average Bonchev–Trinajstić information content (AvgIpc) is 2.51. The second-order valence-corrected chi connectivity index (χ2v) is 7.63. The molecule has 1 saturated heterocycles. The van der Waals surface area contributed by atoms with Crippen LogP contribution in [0.3, 0.4) is 0 Å². The van der Waals surface area contributed by atoms with Gasteiger partial charge < -0.3 is 9.64 Å². The molecule has 1 aliphatic carbocycles. The van der Waals surface area contributed by atoms with Crippen molar-refractivity contribution >= 4 is 11.5 Å². The highest BCUT2D eigenvalue weighted by atomic mass is 16.5. The molecule has 4 nitrogen and oxygen atoms in total. The number of ketones is 1. The fourth-order valence-corrected chi connectivity index (χ4v) is 4.15. The highest BCUT2D eigenvalue weighted by Gasteiger charge is 2.48. The summed E-state index contributed by atoms with van der Waals surface area (Å²) in [6.07, 6.45) is 2.37. The Morgan fingerprint density at radius 2 is 1.92 bits per heavy atom. The van der Waals surface area contributed by atoms with Crippen LogP contribution >= 0.6 is 0 Å². The molecule has 0 aromatic heterocycles. The minimum atomic E-state index is -0.580. The van der Waals surface area contributed by atoms with E-state index in [1.807, 2.05) is 13.8 Å². The second kappa shape index (κ2) is 5.75. The van der Waals surface area contributed by atoms with E-state index in [-0.39, 0.29) is 11.4 Å². The van der Waals surface area contributed by atoms with Gasteiger partial charge in [0.1, 0.15) is 11.7 Å². The predicted octanol–water partition coefficient (Wildman–Crippen LogP) is 3.33. The number of carbonyl (C=O) groups excluding carboxylic acids is 1. The van der Waals surface area contributed by atoms with E-state index >= 15 is 0 Å². The van der Waals surface area contributed by atoms with Crippen molar-refractivity contribution < 1.29 is 9.53 Å². The highest BCUT2D eigenvalue weighted by molar-refractivity contribution is 6.04. The molecule has 126 valence electrons. The molecule has 24 heavy (non-hydrogen) atoms. The van der Waals surface area contributed by atoms with Gasteiger partial charge in [-0.3, -0.25) is 4.79 Å². The van der Waals surface area contributed by atoms with Crippen LogP contribution in [0.4, 0.5) is 5.69 Å². The molecule has 0 saturated carbocycles. The van der Waals surface area contributed by atoms with Crippen LogP contribution in [0.1, 0.15) is 31.4 Å². The summed E-state index contributed by atoms with van der Waals surface area (Å²) in [6, 6.07) is 8.38. The van der Waals surface area contributed by atoms with E-state index < -0.39 is 11.0 Å². The van der Waals surface area contributed by atoms with E-state index in [0.29, 0.717) is 19.6 Å². The Morgan fingerprint density at radius 3 is 2.54 bits per heavy atom. The third kappa shape index (κ3) is 2.74. The SMILES string of the molecule is Cc1cccc(C)c1N1CCOC2(C=C(C#N)C(=O)C(C)(C)C2)C1. The van der Waals surface area contributed by atoms with Gasteiger partial charge >= 0.3 is 0 Å². The summed E-state index contributed by atoms with van der Waals surface area (Å²) in [5.74, 6) is -0.0802. The van der Waals surface area contributed by atoms with Gasteiger partial charge in [0.15, 0.2) is 5.78 Å². The molecule has 1 aliphatic heterocycles. The highest BCUT2D eigenvalue weighted by Crippen LogP contribution is 2.42. The number of nitrogens with zero attached hydrogens (tertiary/aromatic N) is 2. The molecule has 3 rings (SSSR count). The molecule has 1 heterocycles. The van der Waals surface area contributed by atoms with Gasteiger partial charge in [0.2, 0.25) is 0 Å². The zero-order chi connectivity index (χ0) is 17.5. The maximum absolute atomic E-state index is 12.4. The van der Waals surface area contributed by atoms with Crippen molar-refractivity contribution in [2.24, 2.45) is 5.41 Å². The largest absolute Gasteiger partial charge is 0.367 e. The van der Waals surface area contributed by atoms with Crippen molar-refractivity contribution in [2.75, 3.05) is 24.6 Å². The molecule has 1 spiro atoms. The number of hydrogen-bond donors (Lipinski definition) is 0. The molecule has 0 N–H and O–H groups in total. The summed E-state index contributed by atoms with van der Waals surface area (Å²) in [5, 5.41) is 9.37. The molecule has 0 radical (unpaired) electrons. The molecule has 0 amide bonds. The van der Waals surface area contributed by atoms with E-state index in [9.17, 15) is 10.1 Å². The van der Waals surface area contributed by atoms with Gasteiger partial charge in [-0.2, -0.15) is 5.26 Å². The average molecular weight is 324 g/mol. The maximum Gasteiger partial charge on any atom is 0.178 e. The lowest BCUT2D eigenvalue weighted by atomic mass is 9.69. The van der Waals surface area contributed by atoms with Crippen LogP contribution in [0.2, 0.25) is 0 Å². The van der Waals surface area contributed by atoms with E-state index in [4.69, 9.17) is 4.74 Å². The zero-order valence-electron chi connectivity index (χ0n) is 14.8. The topological polar surface area (TPSA) is 53.3 Å². The number of benzene rings is 1. The van der Waals surface area contributed by atoms with Crippen molar-refractivity contribution in [3.63, 3.8) is 0 Å². The van der Waals surface area contributed by atoms with Crippen LogP contribution in [-0.4, -0.2) is 31.1 Å². The molecule has 1 aromatic rings. The van der Waals surface area contributed by atoms with Crippen LogP contribution in [0.15, 0.2) is 29.8 Å². The molecule has 1 aromatic carbocycles. The van der Waals surface area contributed by atoms with Crippen molar-refractivity contribution in [1.82, 2.24) is 0 Å². The minimum Gasteiger partial charge on any atom is -0.367 e. The van der Waals surface area contributed by atoms with Crippen LogP contribution in [-0.2, 0) is 9.53 Å². The number of anilines is 1. The number of rotatable bonds is 1. The fourth-order valence-electron chi connectivity index (χ4n) is 4.15. The standard InChI is InChI=1S/C20H24N2O2/c1-14-6-5-7-15(2)17(14)22-8-9-24-20(13-22)10-16(11-21)18(23)19(3,4)12-20/h5-7,10H,8-9,12-13H2,1-4H3. The van der Waals surface area contributed by atoms with Crippen molar-refractivity contribution in [1.29, 1.82) is 5.26 Å². The summed E-state index contributed by atoms with van der Waals surface area (Å²) in [5.41, 5.74) is 2.79. The molecular formula is C20H24N2O2. The lowest BCUT2D eigenvalue weighted by molar-refractivity contribution is -0.130. The molecule has 2 aliphatic rings. The van der Waals surface area contributed by atoms with Crippen molar-refractivity contribution in [3.8, 4) is 6.07 Å². The summed E-state index contributed by atoms with van der Waals surface area (Å²) >= 11 is 0. The van der Waals surface area contributed by atoms with E-state index in [0.717, 1.165) is 6.54 Å². The second-order valence-electron chi connectivity index (χ2n) is 7.63. The number of morpholine rings is 1. The lowest BCUT2D eigenvalue weighted by Crippen LogP contribution is -2.56. The number of aryl methyl sites for hydroxylation is 2. The fraction of sp³-hybridized carbons (Fsp3) is 0.500. The normalized spacial score (nSPS) is 26.2. The number of allylic oxidation sites excluding steroid dienone is 1. The number of Topliss-reactive ketones (excluding diaryl/α,β-unsaturated/α-hetero) is 1. The van der Waals surface area contributed by atoms with Gasteiger partial charge in [-0.1, -0.05) is 32.0 Å². The summed E-state index contributed by atoms with van der Waals surface area (Å²) in [7, 11) is 0. The third-order valence-electron chi connectivity index (χ3n) is 5.09. The van der Waals surface area contributed by atoms with Gasteiger partial charge in [-0.25, -0.2) is 0 Å².